The molecule has 3 nitrogen and oxygen atoms in total. The van der Waals surface area contributed by atoms with Gasteiger partial charge in [0.1, 0.15) is 6.10 Å². The summed E-state index contributed by atoms with van der Waals surface area (Å²) in [6.45, 7) is 16.6. The summed E-state index contributed by atoms with van der Waals surface area (Å²) >= 11 is 0. The van der Waals surface area contributed by atoms with Crippen LogP contribution in [0.25, 0.3) is 0 Å². The molecule has 3 saturated carbocycles. The van der Waals surface area contributed by atoms with Gasteiger partial charge in [-0.1, -0.05) is 53.2 Å². The van der Waals surface area contributed by atoms with Gasteiger partial charge in [0.2, 0.25) is 0 Å². The molecule has 0 radical (unpaired) electrons. The molecule has 33 heavy (non-hydrogen) atoms. The first-order chi connectivity index (χ1) is 15.3. The summed E-state index contributed by atoms with van der Waals surface area (Å²) in [7, 11) is 0. The number of esters is 1. The van der Waals surface area contributed by atoms with Crippen molar-refractivity contribution in [2.45, 2.75) is 112 Å². The van der Waals surface area contributed by atoms with E-state index in [2.05, 4.69) is 47.6 Å². The second kappa shape index (κ2) is 7.45. The minimum absolute atomic E-state index is 0.00617. The van der Waals surface area contributed by atoms with Crippen molar-refractivity contribution in [3.05, 3.63) is 23.3 Å². The van der Waals surface area contributed by atoms with E-state index >= 15 is 0 Å². The van der Waals surface area contributed by atoms with Gasteiger partial charge in [0.25, 0.3) is 0 Å². The van der Waals surface area contributed by atoms with Gasteiger partial charge in [-0.3, -0.25) is 0 Å². The number of hydrogen-bond acceptors (Lipinski definition) is 3. The fourth-order valence-electron chi connectivity index (χ4n) is 9.91. The maximum absolute atomic E-state index is 11.9. The van der Waals surface area contributed by atoms with Gasteiger partial charge >= 0.3 is 5.97 Å². The molecule has 0 amide bonds. The molecule has 9 atom stereocenters. The molecule has 0 aromatic carbocycles. The summed E-state index contributed by atoms with van der Waals surface area (Å²) in [6.07, 6.45) is 13.8. The highest BCUT2D eigenvalue weighted by molar-refractivity contribution is 5.90. The molecule has 5 rings (SSSR count). The van der Waals surface area contributed by atoms with Crippen LogP contribution in [0.4, 0.5) is 0 Å². The van der Waals surface area contributed by atoms with E-state index in [0.29, 0.717) is 34.5 Å². The van der Waals surface area contributed by atoms with E-state index in [4.69, 9.17) is 4.74 Å². The minimum atomic E-state index is -0.172. The van der Waals surface area contributed by atoms with Crippen molar-refractivity contribution in [1.82, 2.24) is 0 Å². The van der Waals surface area contributed by atoms with Crippen LogP contribution in [0, 0.1) is 45.3 Å². The first-order valence-corrected chi connectivity index (χ1v) is 13.6. The largest absolute Gasteiger partial charge is 0.455 e. The highest BCUT2D eigenvalue weighted by Gasteiger charge is 2.65. The summed E-state index contributed by atoms with van der Waals surface area (Å²) in [5.74, 6) is 2.32. The Balaban J connectivity index is 1.42. The van der Waals surface area contributed by atoms with E-state index in [0.717, 1.165) is 31.3 Å². The van der Waals surface area contributed by atoms with Crippen molar-refractivity contribution in [1.29, 1.82) is 0 Å². The number of allylic oxidation sites excluding steroid dienone is 2. The van der Waals surface area contributed by atoms with Gasteiger partial charge < -0.3 is 9.84 Å². The number of ether oxygens (including phenoxy) is 1. The van der Waals surface area contributed by atoms with E-state index in [-0.39, 0.29) is 29.0 Å². The third kappa shape index (κ3) is 3.13. The summed E-state index contributed by atoms with van der Waals surface area (Å²) in [5, 5.41) is 10.8. The lowest BCUT2D eigenvalue weighted by Gasteiger charge is -2.64. The predicted molar refractivity (Wildman–Crippen MR) is 132 cm³/mol. The van der Waals surface area contributed by atoms with Gasteiger partial charge in [0, 0.05) is 5.57 Å². The number of carbonyl (C=O) groups excluding carboxylic acids is 1. The Hall–Kier alpha value is -1.09. The Labute approximate surface area is 201 Å². The van der Waals surface area contributed by atoms with Gasteiger partial charge in [-0.25, -0.2) is 4.79 Å². The third-order valence-corrected chi connectivity index (χ3v) is 12.2. The zero-order chi connectivity index (χ0) is 24.0. The van der Waals surface area contributed by atoms with Gasteiger partial charge in [-0.05, 0) is 110 Å². The molecule has 1 N–H and O–H groups in total. The molecular weight excluding hydrogens is 408 g/mol. The van der Waals surface area contributed by atoms with Crippen LogP contribution in [-0.4, -0.2) is 23.3 Å². The van der Waals surface area contributed by atoms with Gasteiger partial charge in [0.15, 0.2) is 0 Å². The quantitative estimate of drug-likeness (QED) is 0.375. The lowest BCUT2D eigenvalue weighted by atomic mass is 9.41. The highest BCUT2D eigenvalue weighted by atomic mass is 16.5. The summed E-state index contributed by atoms with van der Waals surface area (Å²) in [6, 6.07) is 0. The first kappa shape index (κ1) is 23.6. The minimum Gasteiger partial charge on any atom is -0.455 e. The topological polar surface area (TPSA) is 46.5 Å². The Morgan fingerprint density at radius 1 is 1.09 bits per heavy atom. The molecule has 5 aliphatic rings. The molecule has 3 fully saturated rings. The second-order valence-corrected chi connectivity index (χ2v) is 13.8. The predicted octanol–water partition coefficient (Wildman–Crippen LogP) is 6.85. The highest BCUT2D eigenvalue weighted by Crippen LogP contribution is 2.73. The zero-order valence-electron chi connectivity index (χ0n) is 22.0. The molecule has 0 saturated heterocycles. The van der Waals surface area contributed by atoms with E-state index in [1.165, 1.54) is 25.7 Å². The van der Waals surface area contributed by atoms with Crippen LogP contribution in [-0.2, 0) is 9.53 Å². The molecule has 0 bridgehead atoms. The Bertz CT molecular complexity index is 898. The van der Waals surface area contributed by atoms with Crippen molar-refractivity contribution in [2.24, 2.45) is 45.3 Å². The van der Waals surface area contributed by atoms with E-state index < -0.39 is 0 Å². The average Bonchev–Trinajstić information content (AvgIpc) is 3.20. The van der Waals surface area contributed by atoms with E-state index in [9.17, 15) is 9.90 Å². The normalized spacial score (nSPS) is 49.3. The number of rotatable bonds is 3. The van der Waals surface area contributed by atoms with Gasteiger partial charge in [-0.2, -0.15) is 0 Å². The van der Waals surface area contributed by atoms with Crippen molar-refractivity contribution in [3.8, 4) is 0 Å². The second-order valence-electron chi connectivity index (χ2n) is 13.8. The molecule has 0 unspecified atom stereocenters. The number of aliphatic hydroxyl groups is 1. The molecule has 0 aromatic rings. The van der Waals surface area contributed by atoms with Gasteiger partial charge in [0.05, 0.1) is 6.10 Å². The summed E-state index contributed by atoms with van der Waals surface area (Å²) in [4.78, 5) is 11.9. The first-order valence-electron chi connectivity index (χ1n) is 13.6. The number of hydrogen-bond donors (Lipinski definition) is 1. The lowest BCUT2D eigenvalue weighted by molar-refractivity contribution is -0.140. The maximum atomic E-state index is 11.9. The molecule has 3 heteroatoms. The molecule has 4 aliphatic carbocycles. The van der Waals surface area contributed by atoms with Crippen LogP contribution in [0.15, 0.2) is 23.3 Å². The molecule has 184 valence electrons. The van der Waals surface area contributed by atoms with Crippen LogP contribution in [0.2, 0.25) is 0 Å². The number of cyclic esters (lactones) is 1. The molecular formula is C30H46O3. The molecule has 1 heterocycles. The molecule has 1 aliphatic heterocycles. The van der Waals surface area contributed by atoms with E-state index in [1.54, 1.807) is 5.57 Å². The number of aliphatic hydroxyl groups excluding tert-OH is 1. The van der Waals surface area contributed by atoms with Gasteiger partial charge in [-0.15, -0.1) is 0 Å². The standard InChI is InChI=1S/C30H46O3/c1-18(16-20-17-19(2)26(32)33-20)21-10-14-30(7)23-8-9-24-27(3,4)25(31)12-13-28(24,5)22(23)11-15-29(21,30)6/h8,17-18,20-22,24-25,31H,9-16H2,1-7H3/t18-,20-,21-,22-,24+,25-,28-,29-,30+/m1/s1. The van der Waals surface area contributed by atoms with E-state index in [1.807, 2.05) is 13.0 Å². The zero-order valence-corrected chi connectivity index (χ0v) is 22.0. The SMILES string of the molecule is CC1=C[C@@H](C[C@@H](C)[C@H]2CC[C@@]3(C)C4=CC[C@H]5C(C)(C)[C@H](O)CC[C@]5(C)[C@@H]4CC[C@]23C)OC1=O. The number of carbonyl (C=O) groups is 1. The molecule has 0 spiro atoms. The Morgan fingerprint density at radius 2 is 1.82 bits per heavy atom. The summed E-state index contributed by atoms with van der Waals surface area (Å²) < 4.78 is 5.62. The van der Waals surface area contributed by atoms with Crippen molar-refractivity contribution in [2.75, 3.05) is 0 Å². The van der Waals surface area contributed by atoms with Crippen LogP contribution >= 0.6 is 0 Å². The van der Waals surface area contributed by atoms with Crippen molar-refractivity contribution in [3.63, 3.8) is 0 Å². The maximum Gasteiger partial charge on any atom is 0.334 e. The number of fused-ring (bicyclic) bond motifs is 5. The van der Waals surface area contributed by atoms with Crippen LogP contribution in [0.3, 0.4) is 0 Å². The lowest BCUT2D eigenvalue weighted by Crippen LogP contribution is -2.58. The fourth-order valence-corrected chi connectivity index (χ4v) is 9.91. The van der Waals surface area contributed by atoms with Crippen LogP contribution in [0.1, 0.15) is 99.8 Å². The molecule has 0 aromatic heterocycles. The van der Waals surface area contributed by atoms with Crippen LogP contribution < -0.4 is 0 Å². The van der Waals surface area contributed by atoms with Crippen molar-refractivity contribution >= 4 is 5.97 Å². The third-order valence-electron chi connectivity index (χ3n) is 12.2. The smallest absolute Gasteiger partial charge is 0.334 e. The Kier molecular flexibility index (Phi) is 5.34. The van der Waals surface area contributed by atoms with Crippen LogP contribution in [0.5, 0.6) is 0 Å². The average molecular weight is 455 g/mol. The Morgan fingerprint density at radius 3 is 2.48 bits per heavy atom. The summed E-state index contributed by atoms with van der Waals surface area (Å²) in [5.41, 5.74) is 3.41. The van der Waals surface area contributed by atoms with Crippen molar-refractivity contribution < 1.29 is 14.6 Å². The monoisotopic (exact) mass is 454 g/mol. The fraction of sp³-hybridized carbons (Fsp3) is 0.833.